The zero-order valence-corrected chi connectivity index (χ0v) is 9.90. The second kappa shape index (κ2) is 5.55. The van der Waals surface area contributed by atoms with Crippen LogP contribution in [-0.4, -0.2) is 35.1 Å². The van der Waals surface area contributed by atoms with E-state index in [2.05, 4.69) is 0 Å². The number of aliphatic hydroxyl groups is 1. The van der Waals surface area contributed by atoms with Crippen molar-refractivity contribution >= 4 is 7.60 Å². The predicted octanol–water partition coefficient (Wildman–Crippen LogP) is 1.24. The molecule has 0 aromatic heterocycles. The minimum atomic E-state index is -3.86. The van der Waals surface area contributed by atoms with Crippen LogP contribution in [-0.2, 0) is 13.6 Å². The van der Waals surface area contributed by atoms with E-state index in [0.717, 1.165) is 6.92 Å². The Labute approximate surface area is 88.1 Å². The fourth-order valence-corrected chi connectivity index (χ4v) is 2.59. The molecule has 0 spiro atoms. The molecular weight excluding hydrogens is 225 g/mol. The summed E-state index contributed by atoms with van der Waals surface area (Å²) in [5.41, 5.74) is 0. The highest BCUT2D eigenvalue weighted by Gasteiger charge is 2.50. The van der Waals surface area contributed by atoms with E-state index in [1.54, 1.807) is 13.8 Å². The van der Waals surface area contributed by atoms with E-state index in [1.165, 1.54) is 0 Å². The highest BCUT2D eigenvalue weighted by atomic mass is 31.2. The Balaban J connectivity index is 4.87. The molecule has 0 aliphatic rings. The lowest BCUT2D eigenvalue weighted by molar-refractivity contribution is -0.494. The molecule has 0 aromatic carbocycles. The van der Waals surface area contributed by atoms with Gasteiger partial charge in [-0.1, -0.05) is 0 Å². The van der Waals surface area contributed by atoms with Crippen LogP contribution in [0.2, 0.25) is 0 Å². The quantitative estimate of drug-likeness (QED) is 0.409. The van der Waals surface area contributed by atoms with Crippen LogP contribution < -0.4 is 0 Å². The second-order valence-corrected chi connectivity index (χ2v) is 5.52. The van der Waals surface area contributed by atoms with E-state index in [9.17, 15) is 19.8 Å². The van der Waals surface area contributed by atoms with Crippen LogP contribution >= 0.6 is 7.60 Å². The van der Waals surface area contributed by atoms with Gasteiger partial charge in [-0.3, -0.25) is 14.7 Å². The molecule has 0 saturated carbocycles. The molecule has 0 aliphatic heterocycles. The third-order valence-corrected chi connectivity index (χ3v) is 4.13. The maximum absolute atomic E-state index is 12.0. The highest BCUT2D eigenvalue weighted by Crippen LogP contribution is 2.58. The van der Waals surface area contributed by atoms with Crippen molar-refractivity contribution in [2.45, 2.75) is 26.1 Å². The Morgan fingerprint density at radius 1 is 1.40 bits per heavy atom. The Kier molecular flexibility index (Phi) is 5.37. The van der Waals surface area contributed by atoms with E-state index in [-0.39, 0.29) is 13.2 Å². The maximum Gasteiger partial charge on any atom is 0.368 e. The molecule has 0 radical (unpaired) electrons. The molecule has 0 rings (SSSR count). The third-order valence-electron chi connectivity index (χ3n) is 1.62. The van der Waals surface area contributed by atoms with Crippen molar-refractivity contribution in [1.82, 2.24) is 0 Å². The highest BCUT2D eigenvalue weighted by molar-refractivity contribution is 7.55. The van der Waals surface area contributed by atoms with Crippen LogP contribution in [0, 0.1) is 10.1 Å². The fourth-order valence-electron chi connectivity index (χ4n) is 0.986. The van der Waals surface area contributed by atoms with Crippen molar-refractivity contribution in [2.75, 3.05) is 19.8 Å². The minimum absolute atomic E-state index is 0.0468. The van der Waals surface area contributed by atoms with Gasteiger partial charge in [0.15, 0.2) is 0 Å². The summed E-state index contributed by atoms with van der Waals surface area (Å²) in [6, 6.07) is 0. The first-order chi connectivity index (χ1) is 6.79. The minimum Gasteiger partial charge on any atom is -0.373 e. The lowest BCUT2D eigenvalue weighted by Crippen LogP contribution is -2.35. The van der Waals surface area contributed by atoms with Gasteiger partial charge in [-0.15, -0.1) is 0 Å². The molecule has 0 fully saturated rings. The summed E-state index contributed by atoms with van der Waals surface area (Å²) in [6.07, 6.45) is 0. The van der Waals surface area contributed by atoms with Gasteiger partial charge in [-0.25, -0.2) is 0 Å². The lowest BCUT2D eigenvalue weighted by Gasteiger charge is -2.27. The normalized spacial score (nSPS) is 16.0. The van der Waals surface area contributed by atoms with E-state index in [4.69, 9.17) is 9.05 Å². The first-order valence-corrected chi connectivity index (χ1v) is 6.06. The van der Waals surface area contributed by atoms with E-state index < -0.39 is 24.4 Å². The number of rotatable bonds is 7. The van der Waals surface area contributed by atoms with Crippen LogP contribution in [0.3, 0.4) is 0 Å². The van der Waals surface area contributed by atoms with E-state index >= 15 is 0 Å². The average molecular weight is 241 g/mol. The van der Waals surface area contributed by atoms with E-state index in [1.807, 2.05) is 0 Å². The van der Waals surface area contributed by atoms with Gasteiger partial charge in [0.05, 0.1) is 13.2 Å². The molecule has 1 atom stereocenters. The molecule has 0 bridgehead atoms. The van der Waals surface area contributed by atoms with Crippen molar-refractivity contribution < 1.29 is 23.6 Å². The summed E-state index contributed by atoms with van der Waals surface area (Å²) in [7, 11) is -3.86. The standard InChI is InChI=1S/C7H16NO6P/c1-4-13-15(12,14-5-2)7(3,9)6-8(10)11/h9H,4-6H2,1-3H3. The van der Waals surface area contributed by atoms with Crippen molar-refractivity contribution in [3.63, 3.8) is 0 Å². The van der Waals surface area contributed by atoms with Gasteiger partial charge in [-0.2, -0.15) is 0 Å². The molecule has 7 nitrogen and oxygen atoms in total. The van der Waals surface area contributed by atoms with Crippen LogP contribution in [0.4, 0.5) is 0 Å². The summed E-state index contributed by atoms with van der Waals surface area (Å²) in [6.45, 7) is 3.41. The Bertz CT molecular complexity index is 256. The molecule has 8 heteroatoms. The molecule has 15 heavy (non-hydrogen) atoms. The first kappa shape index (κ1) is 14.5. The van der Waals surface area contributed by atoms with Crippen LogP contribution in [0.5, 0.6) is 0 Å². The van der Waals surface area contributed by atoms with Gasteiger partial charge in [0.1, 0.15) is 0 Å². The van der Waals surface area contributed by atoms with Gasteiger partial charge < -0.3 is 14.2 Å². The zero-order chi connectivity index (χ0) is 12.1. The molecule has 0 amide bonds. The van der Waals surface area contributed by atoms with Crippen LogP contribution in [0.25, 0.3) is 0 Å². The molecule has 1 unspecified atom stereocenters. The Hall–Kier alpha value is -0.490. The van der Waals surface area contributed by atoms with Crippen molar-refractivity contribution in [1.29, 1.82) is 0 Å². The monoisotopic (exact) mass is 241 g/mol. The SMILES string of the molecule is CCOP(=O)(OCC)C(C)(O)C[N+](=O)[O-]. The molecule has 90 valence electrons. The van der Waals surface area contributed by atoms with Crippen molar-refractivity contribution in [3.8, 4) is 0 Å². The summed E-state index contributed by atoms with van der Waals surface area (Å²) in [5, 5.41) is 17.9. The number of nitrogens with zero attached hydrogens (tertiary/aromatic N) is 1. The lowest BCUT2D eigenvalue weighted by atomic mass is 10.4. The predicted molar refractivity (Wildman–Crippen MR) is 53.3 cm³/mol. The van der Waals surface area contributed by atoms with Gasteiger partial charge in [0, 0.05) is 4.92 Å². The summed E-state index contributed by atoms with van der Waals surface area (Å²) < 4.78 is 21.6. The van der Waals surface area contributed by atoms with Gasteiger partial charge in [-0.05, 0) is 20.8 Å². The van der Waals surface area contributed by atoms with Crippen molar-refractivity contribution in [2.24, 2.45) is 0 Å². The third kappa shape index (κ3) is 3.87. The van der Waals surface area contributed by atoms with Crippen molar-refractivity contribution in [3.05, 3.63) is 10.1 Å². The van der Waals surface area contributed by atoms with Gasteiger partial charge in [0.2, 0.25) is 11.9 Å². The van der Waals surface area contributed by atoms with E-state index in [0.29, 0.717) is 0 Å². The Morgan fingerprint density at radius 2 is 1.80 bits per heavy atom. The smallest absolute Gasteiger partial charge is 0.368 e. The fraction of sp³-hybridized carbons (Fsp3) is 1.00. The second-order valence-electron chi connectivity index (χ2n) is 3.04. The molecule has 0 saturated heterocycles. The van der Waals surface area contributed by atoms with Gasteiger partial charge >= 0.3 is 7.60 Å². The number of nitro groups is 1. The average Bonchev–Trinajstić information content (AvgIpc) is 2.02. The largest absolute Gasteiger partial charge is 0.373 e. The maximum atomic E-state index is 12.0. The molecule has 1 N–H and O–H groups in total. The molecule has 0 heterocycles. The molecular formula is C7H16NO6P. The summed E-state index contributed by atoms with van der Waals surface area (Å²) in [5.74, 6) is 0. The van der Waals surface area contributed by atoms with Crippen LogP contribution in [0.15, 0.2) is 0 Å². The summed E-state index contributed by atoms with van der Waals surface area (Å²) >= 11 is 0. The summed E-state index contributed by atoms with van der Waals surface area (Å²) in [4.78, 5) is 9.52. The van der Waals surface area contributed by atoms with Gasteiger partial charge in [0.25, 0.3) is 0 Å². The first-order valence-electron chi connectivity index (χ1n) is 4.52. The Morgan fingerprint density at radius 3 is 2.07 bits per heavy atom. The number of hydrogen-bond donors (Lipinski definition) is 1. The van der Waals surface area contributed by atoms with Crippen LogP contribution in [0.1, 0.15) is 20.8 Å². The topological polar surface area (TPSA) is 98.9 Å². The number of hydrogen-bond acceptors (Lipinski definition) is 6. The molecule has 0 aromatic rings. The zero-order valence-electron chi connectivity index (χ0n) is 9.00. The molecule has 0 aliphatic carbocycles.